The van der Waals surface area contributed by atoms with Crippen molar-refractivity contribution in [3.63, 3.8) is 0 Å². The Labute approximate surface area is 35.6 Å². The van der Waals surface area contributed by atoms with Crippen LogP contribution in [-0.2, 0) is 9.63 Å². The van der Waals surface area contributed by atoms with Crippen molar-refractivity contribution >= 4 is 6.08 Å². The third-order valence-corrected chi connectivity index (χ3v) is 0.231. The van der Waals surface area contributed by atoms with Gasteiger partial charge in [0.2, 0.25) is 0 Å². The van der Waals surface area contributed by atoms with Gasteiger partial charge in [-0.3, -0.25) is 0 Å². The zero-order valence-corrected chi connectivity index (χ0v) is 3.47. The molecule has 0 aliphatic carbocycles. The van der Waals surface area contributed by atoms with E-state index in [1.165, 1.54) is 6.08 Å². The van der Waals surface area contributed by atoms with E-state index in [2.05, 4.69) is 9.99 Å². The van der Waals surface area contributed by atoms with Crippen LogP contribution >= 0.6 is 0 Å². The predicted molar refractivity (Wildman–Crippen MR) is 19.7 cm³/mol. The maximum atomic E-state index is 9.15. The van der Waals surface area contributed by atoms with Crippen LogP contribution in [0.5, 0.6) is 0 Å². The van der Waals surface area contributed by atoms with Crippen molar-refractivity contribution in [1.82, 2.24) is 0 Å². The van der Waals surface area contributed by atoms with Gasteiger partial charge in [0, 0.05) is 5.16 Å². The van der Waals surface area contributed by atoms with Crippen LogP contribution in [0.15, 0.2) is 5.16 Å². The SMILES string of the molecule is CCON=C=O. The second-order valence-electron chi connectivity index (χ2n) is 0.600. The molecule has 0 bridgehead atoms. The number of hydrogen-bond donors (Lipinski definition) is 0. The molecule has 0 amide bonds. The number of hydrogen-bond acceptors (Lipinski definition) is 3. The van der Waals surface area contributed by atoms with Crippen LogP contribution in [0.25, 0.3) is 0 Å². The minimum atomic E-state index is 0.426. The van der Waals surface area contributed by atoms with Gasteiger partial charge in [0.1, 0.15) is 6.61 Å². The molecule has 0 saturated heterocycles. The summed E-state index contributed by atoms with van der Waals surface area (Å²) in [5.74, 6) is 0. The van der Waals surface area contributed by atoms with Gasteiger partial charge in [-0.15, -0.1) is 0 Å². The molecule has 3 heteroatoms. The molecule has 0 aromatic carbocycles. The van der Waals surface area contributed by atoms with E-state index in [4.69, 9.17) is 4.79 Å². The van der Waals surface area contributed by atoms with Crippen molar-refractivity contribution in [2.75, 3.05) is 6.61 Å². The van der Waals surface area contributed by atoms with Crippen molar-refractivity contribution in [2.24, 2.45) is 5.16 Å². The van der Waals surface area contributed by atoms with Gasteiger partial charge in [-0.2, -0.15) is 0 Å². The smallest absolute Gasteiger partial charge is 0.276 e. The maximum Gasteiger partial charge on any atom is 0.276 e. The summed E-state index contributed by atoms with van der Waals surface area (Å²) in [6.45, 7) is 2.16. The Morgan fingerprint density at radius 1 is 2.00 bits per heavy atom. The van der Waals surface area contributed by atoms with Crippen LogP contribution in [0.4, 0.5) is 0 Å². The molecule has 0 aromatic heterocycles. The van der Waals surface area contributed by atoms with Gasteiger partial charge in [-0.25, -0.2) is 4.79 Å². The lowest BCUT2D eigenvalue weighted by Gasteiger charge is -1.79. The van der Waals surface area contributed by atoms with Crippen molar-refractivity contribution in [2.45, 2.75) is 6.92 Å². The second kappa shape index (κ2) is 4.18. The summed E-state index contributed by atoms with van der Waals surface area (Å²) in [5.41, 5.74) is 0. The average molecular weight is 87.1 g/mol. The maximum absolute atomic E-state index is 9.15. The van der Waals surface area contributed by atoms with E-state index < -0.39 is 0 Å². The first kappa shape index (κ1) is 5.18. The highest BCUT2D eigenvalue weighted by Crippen LogP contribution is 1.65. The summed E-state index contributed by atoms with van der Waals surface area (Å²) in [4.78, 5) is 13.3. The first-order valence-electron chi connectivity index (χ1n) is 1.61. The fraction of sp³-hybridized carbons (Fsp3) is 0.667. The summed E-state index contributed by atoms with van der Waals surface area (Å²) in [7, 11) is 0. The van der Waals surface area contributed by atoms with Crippen LogP contribution in [0, 0.1) is 0 Å². The molecule has 0 rings (SSSR count). The fourth-order valence-electron chi connectivity index (χ4n) is 0.0909. The van der Waals surface area contributed by atoms with Gasteiger partial charge in [-0.05, 0) is 6.92 Å². The van der Waals surface area contributed by atoms with Crippen LogP contribution in [-0.4, -0.2) is 12.7 Å². The van der Waals surface area contributed by atoms with Gasteiger partial charge in [-0.1, -0.05) is 0 Å². The third kappa shape index (κ3) is 3.18. The molecule has 0 saturated carbocycles. The number of nitrogens with zero attached hydrogens (tertiary/aromatic N) is 1. The van der Waals surface area contributed by atoms with Crippen LogP contribution in [0.1, 0.15) is 6.92 Å². The van der Waals surface area contributed by atoms with E-state index in [1.54, 1.807) is 6.92 Å². The average Bonchev–Trinajstić information content (AvgIpc) is 1.61. The van der Waals surface area contributed by atoms with Crippen LogP contribution < -0.4 is 0 Å². The Balaban J connectivity index is 2.86. The Morgan fingerprint density at radius 2 is 2.67 bits per heavy atom. The van der Waals surface area contributed by atoms with Crippen LogP contribution in [0.2, 0.25) is 0 Å². The highest BCUT2D eigenvalue weighted by Gasteiger charge is 1.62. The molecule has 6 heavy (non-hydrogen) atoms. The van der Waals surface area contributed by atoms with Crippen molar-refractivity contribution in [3.8, 4) is 0 Å². The van der Waals surface area contributed by atoms with Crippen molar-refractivity contribution in [3.05, 3.63) is 0 Å². The molecule has 0 fully saturated rings. The summed E-state index contributed by atoms with van der Waals surface area (Å²) in [6, 6.07) is 0. The zero-order valence-electron chi connectivity index (χ0n) is 3.47. The van der Waals surface area contributed by atoms with Gasteiger partial charge in [0.15, 0.2) is 0 Å². The lowest BCUT2D eigenvalue weighted by Crippen LogP contribution is -1.74. The fourth-order valence-corrected chi connectivity index (χ4v) is 0.0909. The molecule has 0 unspecified atom stereocenters. The highest BCUT2D eigenvalue weighted by molar-refractivity contribution is 5.31. The molecular formula is C3H5NO2. The largest absolute Gasteiger partial charge is 0.386 e. The minimum absolute atomic E-state index is 0.426. The molecule has 0 aliphatic heterocycles. The molecule has 0 heterocycles. The topological polar surface area (TPSA) is 38.7 Å². The summed E-state index contributed by atoms with van der Waals surface area (Å²) in [5, 5.41) is 2.78. The normalized spacial score (nSPS) is 6.17. The summed E-state index contributed by atoms with van der Waals surface area (Å²) < 4.78 is 0. The number of rotatable bonds is 2. The molecule has 0 spiro atoms. The third-order valence-electron chi connectivity index (χ3n) is 0.231. The molecule has 0 N–H and O–H groups in total. The zero-order chi connectivity index (χ0) is 4.83. The van der Waals surface area contributed by atoms with E-state index in [-0.39, 0.29) is 0 Å². The molecule has 0 atom stereocenters. The lowest BCUT2D eigenvalue weighted by atomic mass is 10.9. The van der Waals surface area contributed by atoms with Crippen molar-refractivity contribution in [1.29, 1.82) is 0 Å². The number of carbonyl (C=O) groups excluding carboxylic acids is 1. The van der Waals surface area contributed by atoms with Crippen LogP contribution in [0.3, 0.4) is 0 Å². The molecule has 3 nitrogen and oxygen atoms in total. The number of isocyanates is 1. The Bertz CT molecular complexity index is 65.2. The van der Waals surface area contributed by atoms with Gasteiger partial charge >= 0.3 is 0 Å². The van der Waals surface area contributed by atoms with E-state index in [1.807, 2.05) is 0 Å². The van der Waals surface area contributed by atoms with Crippen molar-refractivity contribution < 1.29 is 9.63 Å². The van der Waals surface area contributed by atoms with E-state index in [9.17, 15) is 0 Å². The molecule has 0 aromatic rings. The van der Waals surface area contributed by atoms with E-state index in [0.717, 1.165) is 0 Å². The highest BCUT2D eigenvalue weighted by atomic mass is 16.6. The predicted octanol–water partition coefficient (Wildman–Crippen LogP) is 0.274. The van der Waals surface area contributed by atoms with E-state index in [0.29, 0.717) is 6.61 Å². The quantitative estimate of drug-likeness (QED) is 0.275. The Kier molecular flexibility index (Phi) is 3.61. The summed E-state index contributed by atoms with van der Waals surface area (Å²) >= 11 is 0. The first-order chi connectivity index (χ1) is 2.91. The van der Waals surface area contributed by atoms with Gasteiger partial charge in [0.25, 0.3) is 6.08 Å². The standard InChI is InChI=1S/C3H5NO2/c1-2-6-4-3-5/h2H2,1H3. The van der Waals surface area contributed by atoms with E-state index >= 15 is 0 Å². The minimum Gasteiger partial charge on any atom is -0.386 e. The molecular weight excluding hydrogens is 82.0 g/mol. The first-order valence-corrected chi connectivity index (χ1v) is 1.61. The van der Waals surface area contributed by atoms with Gasteiger partial charge < -0.3 is 4.84 Å². The Hall–Kier alpha value is -0.820. The lowest BCUT2D eigenvalue weighted by molar-refractivity contribution is 0.158. The summed E-state index contributed by atoms with van der Waals surface area (Å²) in [6.07, 6.45) is 1.22. The molecule has 34 valence electrons. The Morgan fingerprint density at radius 3 is 2.83 bits per heavy atom. The molecule has 0 aliphatic rings. The molecule has 0 radical (unpaired) electrons. The van der Waals surface area contributed by atoms with Gasteiger partial charge in [0.05, 0.1) is 0 Å². The monoisotopic (exact) mass is 87.0 g/mol. The second-order valence-corrected chi connectivity index (χ2v) is 0.600.